The van der Waals surface area contributed by atoms with E-state index in [0.29, 0.717) is 6.42 Å². The molecule has 3 heterocycles. The quantitative estimate of drug-likeness (QED) is 0.332. The lowest BCUT2D eigenvalue weighted by molar-refractivity contribution is 0.579. The van der Waals surface area contributed by atoms with Gasteiger partial charge in [0, 0.05) is 60.4 Å². The van der Waals surface area contributed by atoms with Gasteiger partial charge in [0.15, 0.2) is 0 Å². The lowest BCUT2D eigenvalue weighted by Crippen LogP contribution is -2.11. The fourth-order valence-electron chi connectivity index (χ4n) is 4.39. The summed E-state index contributed by atoms with van der Waals surface area (Å²) in [7, 11) is 2.04. The second kappa shape index (κ2) is 9.63. The summed E-state index contributed by atoms with van der Waals surface area (Å²) in [5.74, 6) is 1.98. The van der Waals surface area contributed by atoms with Crippen molar-refractivity contribution in [2.75, 3.05) is 0 Å². The van der Waals surface area contributed by atoms with E-state index in [1.54, 1.807) is 0 Å². The maximum absolute atomic E-state index is 6.44. The lowest BCUT2D eigenvalue weighted by Gasteiger charge is -2.11. The maximum atomic E-state index is 6.44. The minimum Gasteiger partial charge on any atom is -0.361 e. The monoisotopic (exact) mass is 458 g/mol. The number of hydrogen-bond acceptors (Lipinski definition) is 3. The molecular formula is C26H27ClN6. The molecule has 0 saturated heterocycles. The number of aryl methyl sites for hydroxylation is 4. The number of nitrogens with zero attached hydrogens (tertiary/aromatic N) is 5. The predicted octanol–water partition coefficient (Wildman–Crippen LogP) is 5.16. The summed E-state index contributed by atoms with van der Waals surface area (Å²) < 4.78 is 4.36. The number of benzene rings is 2. The van der Waals surface area contributed by atoms with Gasteiger partial charge in [-0.1, -0.05) is 48.0 Å². The van der Waals surface area contributed by atoms with Gasteiger partial charge in [-0.25, -0.2) is 4.98 Å². The van der Waals surface area contributed by atoms with Crippen molar-refractivity contribution in [3.8, 4) is 0 Å². The molecule has 0 saturated carbocycles. The molecule has 0 radical (unpaired) electrons. The molecule has 168 valence electrons. The van der Waals surface area contributed by atoms with Gasteiger partial charge in [0.05, 0.1) is 6.33 Å². The van der Waals surface area contributed by atoms with Gasteiger partial charge in [0.25, 0.3) is 0 Å². The number of aromatic nitrogens is 6. The zero-order valence-corrected chi connectivity index (χ0v) is 19.5. The van der Waals surface area contributed by atoms with Crippen LogP contribution in [0, 0.1) is 0 Å². The fraction of sp³-hybridized carbons (Fsp3) is 0.269. The molecule has 5 rings (SSSR count). The number of fused-ring (bicyclic) bond motifs is 1. The van der Waals surface area contributed by atoms with E-state index in [1.807, 2.05) is 37.8 Å². The molecule has 0 unspecified atom stereocenters. The van der Waals surface area contributed by atoms with Crippen LogP contribution in [0.1, 0.15) is 34.9 Å². The molecule has 1 N–H and O–H groups in total. The molecule has 33 heavy (non-hydrogen) atoms. The van der Waals surface area contributed by atoms with Gasteiger partial charge in [-0.15, -0.1) is 10.2 Å². The molecule has 2 aromatic carbocycles. The van der Waals surface area contributed by atoms with E-state index in [0.717, 1.165) is 54.5 Å². The second-order valence-electron chi connectivity index (χ2n) is 8.41. The standard InChI is InChI=1S/C26H27ClN6/c1-32-18-28-17-21(32)8-6-14-33-25(13-12-20-16-29-24-11-5-3-9-22(20)24)30-31-26(33)15-19-7-2-4-10-23(19)27/h2-5,7,9-11,16-18,29H,6,8,12-15H2,1H3. The highest BCUT2D eigenvalue weighted by Crippen LogP contribution is 2.22. The van der Waals surface area contributed by atoms with Crippen LogP contribution in [0.15, 0.2) is 67.3 Å². The Morgan fingerprint density at radius 2 is 1.73 bits per heavy atom. The number of rotatable bonds is 9. The van der Waals surface area contributed by atoms with E-state index in [9.17, 15) is 0 Å². The second-order valence-corrected chi connectivity index (χ2v) is 8.82. The molecule has 5 aromatic rings. The Labute approximate surface area is 198 Å². The molecule has 0 aliphatic heterocycles. The van der Waals surface area contributed by atoms with Crippen LogP contribution < -0.4 is 0 Å². The van der Waals surface area contributed by atoms with E-state index < -0.39 is 0 Å². The minimum atomic E-state index is 0.672. The third-order valence-corrected chi connectivity index (χ3v) is 6.60. The van der Waals surface area contributed by atoms with Crippen LogP contribution in [0.4, 0.5) is 0 Å². The first kappa shape index (κ1) is 21.5. The molecule has 0 fully saturated rings. The normalized spacial score (nSPS) is 11.5. The summed E-state index contributed by atoms with van der Waals surface area (Å²) in [4.78, 5) is 7.61. The van der Waals surface area contributed by atoms with Crippen molar-refractivity contribution in [2.24, 2.45) is 7.05 Å². The van der Waals surface area contributed by atoms with Crippen LogP contribution in [0.25, 0.3) is 10.9 Å². The van der Waals surface area contributed by atoms with Gasteiger partial charge >= 0.3 is 0 Å². The zero-order chi connectivity index (χ0) is 22.6. The molecule has 0 aliphatic carbocycles. The third-order valence-electron chi connectivity index (χ3n) is 6.23. The number of halogens is 1. The van der Waals surface area contributed by atoms with Crippen molar-refractivity contribution < 1.29 is 0 Å². The molecular weight excluding hydrogens is 432 g/mol. The van der Waals surface area contributed by atoms with Gasteiger partial charge in [0.2, 0.25) is 0 Å². The van der Waals surface area contributed by atoms with E-state index >= 15 is 0 Å². The zero-order valence-electron chi connectivity index (χ0n) is 18.7. The average Bonchev–Trinajstić information content (AvgIpc) is 3.53. The first-order valence-electron chi connectivity index (χ1n) is 11.3. The van der Waals surface area contributed by atoms with Crippen molar-refractivity contribution in [3.63, 3.8) is 0 Å². The summed E-state index contributed by atoms with van der Waals surface area (Å²) in [6.07, 6.45) is 10.3. The molecule has 0 bridgehead atoms. The Kier molecular flexibility index (Phi) is 6.26. The van der Waals surface area contributed by atoms with Crippen LogP contribution in [0.5, 0.6) is 0 Å². The number of nitrogens with one attached hydrogen (secondary N) is 1. The van der Waals surface area contributed by atoms with Crippen molar-refractivity contribution in [3.05, 3.63) is 101 Å². The summed E-state index contributed by atoms with van der Waals surface area (Å²) in [5, 5.41) is 11.2. The van der Waals surface area contributed by atoms with Gasteiger partial charge < -0.3 is 14.1 Å². The van der Waals surface area contributed by atoms with Gasteiger partial charge in [-0.3, -0.25) is 0 Å². The van der Waals surface area contributed by atoms with Crippen LogP contribution in [0.3, 0.4) is 0 Å². The Balaban J connectivity index is 1.36. The number of H-pyrrole nitrogens is 1. The first-order chi connectivity index (χ1) is 16.2. The highest BCUT2D eigenvalue weighted by atomic mass is 35.5. The van der Waals surface area contributed by atoms with Gasteiger partial charge in [0.1, 0.15) is 11.6 Å². The number of hydrogen-bond donors (Lipinski definition) is 1. The smallest absolute Gasteiger partial charge is 0.137 e. The SMILES string of the molecule is Cn1cncc1CCCn1c(CCc2c[nH]c3ccccc23)nnc1Cc1ccccc1Cl. The minimum absolute atomic E-state index is 0.672. The predicted molar refractivity (Wildman–Crippen MR) is 132 cm³/mol. The first-order valence-corrected chi connectivity index (χ1v) is 11.7. The summed E-state index contributed by atoms with van der Waals surface area (Å²) in [6, 6.07) is 16.4. The fourth-order valence-corrected chi connectivity index (χ4v) is 4.59. The Hall–Kier alpha value is -3.38. The molecule has 0 atom stereocenters. The van der Waals surface area contributed by atoms with Crippen molar-refractivity contribution in [2.45, 2.75) is 38.6 Å². The van der Waals surface area contributed by atoms with Gasteiger partial charge in [-0.05, 0) is 42.5 Å². The Morgan fingerprint density at radius 1 is 0.909 bits per heavy atom. The summed E-state index contributed by atoms with van der Waals surface area (Å²) in [5.41, 5.74) is 4.78. The van der Waals surface area contributed by atoms with Crippen LogP contribution in [-0.4, -0.2) is 29.3 Å². The van der Waals surface area contributed by atoms with Crippen molar-refractivity contribution >= 4 is 22.5 Å². The molecule has 3 aromatic heterocycles. The summed E-state index contributed by atoms with van der Waals surface area (Å²) in [6.45, 7) is 0.862. The number of imidazole rings is 1. The molecule has 0 amide bonds. The maximum Gasteiger partial charge on any atom is 0.137 e. The number of aromatic amines is 1. The Morgan fingerprint density at radius 3 is 2.58 bits per heavy atom. The Bertz CT molecular complexity index is 1360. The highest BCUT2D eigenvalue weighted by molar-refractivity contribution is 6.31. The van der Waals surface area contributed by atoms with E-state index in [2.05, 4.69) is 65.8 Å². The lowest BCUT2D eigenvalue weighted by atomic mass is 10.1. The van der Waals surface area contributed by atoms with E-state index in [4.69, 9.17) is 11.6 Å². The van der Waals surface area contributed by atoms with Crippen LogP contribution in [0.2, 0.25) is 5.02 Å². The average molecular weight is 459 g/mol. The van der Waals surface area contributed by atoms with Crippen LogP contribution >= 0.6 is 11.6 Å². The largest absolute Gasteiger partial charge is 0.361 e. The highest BCUT2D eigenvalue weighted by Gasteiger charge is 2.15. The van der Waals surface area contributed by atoms with E-state index in [-0.39, 0.29) is 0 Å². The van der Waals surface area contributed by atoms with E-state index in [1.165, 1.54) is 22.2 Å². The van der Waals surface area contributed by atoms with Crippen LogP contribution in [-0.2, 0) is 39.3 Å². The summed E-state index contributed by atoms with van der Waals surface area (Å²) >= 11 is 6.44. The van der Waals surface area contributed by atoms with Crippen molar-refractivity contribution in [1.82, 2.24) is 29.3 Å². The number of para-hydroxylation sites is 1. The molecule has 6 nitrogen and oxygen atoms in total. The van der Waals surface area contributed by atoms with Crippen molar-refractivity contribution in [1.29, 1.82) is 0 Å². The topological polar surface area (TPSA) is 64.3 Å². The molecule has 0 aliphatic rings. The third kappa shape index (κ3) is 4.71. The molecule has 7 heteroatoms. The van der Waals surface area contributed by atoms with Gasteiger partial charge in [-0.2, -0.15) is 0 Å². The molecule has 0 spiro atoms.